The predicted octanol–water partition coefficient (Wildman–Crippen LogP) is 4.66. The monoisotopic (exact) mass is 491 g/mol. The molecule has 2 atom stereocenters. The van der Waals surface area contributed by atoms with Gasteiger partial charge in [-0.1, -0.05) is 35.9 Å². The van der Waals surface area contributed by atoms with Gasteiger partial charge < -0.3 is 24.0 Å². The lowest BCUT2D eigenvalue weighted by molar-refractivity contribution is -0.117. The Morgan fingerprint density at radius 2 is 1.83 bits per heavy atom. The van der Waals surface area contributed by atoms with E-state index in [-0.39, 0.29) is 25.0 Å². The molecule has 1 fully saturated rings. The van der Waals surface area contributed by atoms with Crippen molar-refractivity contribution in [3.05, 3.63) is 83.6 Å². The predicted molar refractivity (Wildman–Crippen MR) is 135 cm³/mol. The van der Waals surface area contributed by atoms with Crippen molar-refractivity contribution in [3.63, 3.8) is 0 Å². The quantitative estimate of drug-likeness (QED) is 0.388. The van der Waals surface area contributed by atoms with Crippen molar-refractivity contribution in [1.29, 1.82) is 0 Å². The number of methoxy groups -OCH3 is 1. The van der Waals surface area contributed by atoms with Crippen molar-refractivity contribution in [1.82, 2.24) is 9.55 Å². The van der Waals surface area contributed by atoms with Crippen molar-refractivity contribution < 1.29 is 19.4 Å². The minimum Gasteiger partial charge on any atom is -0.497 e. The topological polar surface area (TPSA) is 76.8 Å². The Hall–Kier alpha value is -3.55. The van der Waals surface area contributed by atoms with Gasteiger partial charge in [0.15, 0.2) is 0 Å². The van der Waals surface area contributed by atoms with E-state index in [4.69, 9.17) is 26.1 Å². The van der Waals surface area contributed by atoms with Crippen LogP contribution in [-0.4, -0.2) is 46.9 Å². The molecular weight excluding hydrogens is 466 g/mol. The average molecular weight is 492 g/mol. The standard InChI is InChI=1S/C27H26ClN3O4/c1-34-21-12-10-19(11-13-21)30-15-18(14-26(30)33)27-29-23-7-3-4-8-24(23)31(27)16-20(32)17-35-25-9-5-2-6-22(25)28/h2-13,18,20,32H,14-17H2,1H3/t18-,20+/m0/s1. The van der Waals surface area contributed by atoms with Crippen molar-refractivity contribution in [2.45, 2.75) is 25.0 Å². The molecule has 1 aliphatic rings. The molecule has 0 bridgehead atoms. The largest absolute Gasteiger partial charge is 0.497 e. The van der Waals surface area contributed by atoms with Gasteiger partial charge in [0.25, 0.3) is 0 Å². The number of aliphatic hydroxyl groups excluding tert-OH is 1. The highest BCUT2D eigenvalue weighted by molar-refractivity contribution is 6.32. The van der Waals surface area contributed by atoms with Crippen LogP contribution in [0.2, 0.25) is 5.02 Å². The first-order valence-corrected chi connectivity index (χ1v) is 11.9. The lowest BCUT2D eigenvalue weighted by Gasteiger charge is -2.19. The van der Waals surface area contributed by atoms with E-state index in [1.165, 1.54) is 0 Å². The molecule has 0 aliphatic carbocycles. The van der Waals surface area contributed by atoms with Crippen LogP contribution in [0.5, 0.6) is 11.5 Å². The Balaban J connectivity index is 1.37. The van der Waals surface area contributed by atoms with E-state index in [1.807, 2.05) is 65.2 Å². The lowest BCUT2D eigenvalue weighted by atomic mass is 10.1. The summed E-state index contributed by atoms with van der Waals surface area (Å²) in [5, 5.41) is 11.3. The van der Waals surface area contributed by atoms with E-state index in [1.54, 1.807) is 24.1 Å². The summed E-state index contributed by atoms with van der Waals surface area (Å²) in [7, 11) is 1.62. The molecule has 0 radical (unpaired) electrons. The Morgan fingerprint density at radius 1 is 1.09 bits per heavy atom. The van der Waals surface area contributed by atoms with E-state index in [2.05, 4.69) is 0 Å². The number of aromatic nitrogens is 2. The summed E-state index contributed by atoms with van der Waals surface area (Å²) in [6.45, 7) is 0.880. The Labute approximate surface area is 208 Å². The normalized spacial score (nSPS) is 16.6. The Morgan fingerprint density at radius 3 is 2.60 bits per heavy atom. The molecule has 1 aliphatic heterocycles. The lowest BCUT2D eigenvalue weighted by Crippen LogP contribution is -2.26. The summed E-state index contributed by atoms with van der Waals surface area (Å²) in [5.74, 6) is 2.00. The maximum absolute atomic E-state index is 12.9. The minimum atomic E-state index is -0.794. The van der Waals surface area contributed by atoms with E-state index in [9.17, 15) is 9.90 Å². The molecule has 4 aromatic rings. The van der Waals surface area contributed by atoms with Gasteiger partial charge >= 0.3 is 0 Å². The third kappa shape index (κ3) is 4.83. The smallest absolute Gasteiger partial charge is 0.227 e. The zero-order valence-electron chi connectivity index (χ0n) is 19.3. The molecule has 0 spiro atoms. The molecule has 1 aromatic heterocycles. The highest BCUT2D eigenvalue weighted by atomic mass is 35.5. The van der Waals surface area contributed by atoms with Gasteiger partial charge in [-0.2, -0.15) is 0 Å². The highest BCUT2D eigenvalue weighted by Gasteiger charge is 2.35. The number of aliphatic hydroxyl groups is 1. The van der Waals surface area contributed by atoms with Crippen LogP contribution >= 0.6 is 11.6 Å². The molecule has 2 heterocycles. The number of benzene rings is 3. The molecule has 8 heteroatoms. The summed E-state index contributed by atoms with van der Waals surface area (Å²) >= 11 is 6.17. The van der Waals surface area contributed by atoms with Gasteiger partial charge in [-0.15, -0.1) is 0 Å². The summed E-state index contributed by atoms with van der Waals surface area (Å²) < 4.78 is 13.0. The molecule has 180 valence electrons. The Kier molecular flexibility index (Phi) is 6.61. The van der Waals surface area contributed by atoms with Gasteiger partial charge in [0.1, 0.15) is 30.0 Å². The molecular formula is C27H26ClN3O4. The third-order valence-corrected chi connectivity index (χ3v) is 6.53. The first-order valence-electron chi connectivity index (χ1n) is 11.5. The summed E-state index contributed by atoms with van der Waals surface area (Å²) in [4.78, 5) is 19.6. The molecule has 3 aromatic carbocycles. The van der Waals surface area contributed by atoms with Gasteiger partial charge in [-0.25, -0.2) is 4.98 Å². The maximum atomic E-state index is 12.9. The number of anilines is 1. The fourth-order valence-corrected chi connectivity index (χ4v) is 4.69. The first kappa shape index (κ1) is 23.2. The number of halogens is 1. The fraction of sp³-hybridized carbons (Fsp3) is 0.259. The second kappa shape index (κ2) is 9.98. The van der Waals surface area contributed by atoms with Gasteiger partial charge in [-0.3, -0.25) is 4.79 Å². The zero-order chi connectivity index (χ0) is 24.4. The minimum absolute atomic E-state index is 0.0429. The second-order valence-electron chi connectivity index (χ2n) is 8.57. The highest BCUT2D eigenvalue weighted by Crippen LogP contribution is 2.34. The van der Waals surface area contributed by atoms with Gasteiger partial charge in [0.05, 0.1) is 29.7 Å². The number of carbonyl (C=O) groups excluding carboxylic acids is 1. The molecule has 1 N–H and O–H groups in total. The zero-order valence-corrected chi connectivity index (χ0v) is 20.1. The second-order valence-corrected chi connectivity index (χ2v) is 8.98. The van der Waals surface area contributed by atoms with Crippen LogP contribution < -0.4 is 14.4 Å². The molecule has 7 nitrogen and oxygen atoms in total. The number of amides is 1. The number of hydrogen-bond acceptors (Lipinski definition) is 5. The summed E-state index contributed by atoms with van der Waals surface area (Å²) in [6, 6.07) is 22.4. The van der Waals surface area contributed by atoms with Crippen molar-refractivity contribution in [2.24, 2.45) is 0 Å². The number of carbonyl (C=O) groups is 1. The number of fused-ring (bicyclic) bond motifs is 1. The number of nitrogens with zero attached hydrogens (tertiary/aromatic N) is 3. The van der Waals surface area contributed by atoms with E-state index in [0.29, 0.717) is 23.7 Å². The fourth-order valence-electron chi connectivity index (χ4n) is 4.50. The SMILES string of the molecule is COc1ccc(N2C[C@@H](c3nc4ccccc4n3C[C@@H](O)COc3ccccc3Cl)CC2=O)cc1. The number of hydrogen-bond donors (Lipinski definition) is 1. The van der Waals surface area contributed by atoms with Gasteiger partial charge in [0.2, 0.25) is 5.91 Å². The van der Waals surface area contributed by atoms with Crippen LogP contribution in [0.3, 0.4) is 0 Å². The van der Waals surface area contributed by atoms with Gasteiger partial charge in [0, 0.05) is 24.6 Å². The van der Waals surface area contributed by atoms with Crippen LogP contribution in [-0.2, 0) is 11.3 Å². The van der Waals surface area contributed by atoms with Crippen molar-refractivity contribution >= 4 is 34.2 Å². The average Bonchev–Trinajstić information content (AvgIpc) is 3.44. The van der Waals surface area contributed by atoms with E-state index in [0.717, 1.165) is 28.3 Å². The summed E-state index contributed by atoms with van der Waals surface area (Å²) in [6.07, 6.45) is -0.445. The van der Waals surface area contributed by atoms with E-state index >= 15 is 0 Å². The molecule has 35 heavy (non-hydrogen) atoms. The van der Waals surface area contributed by atoms with Gasteiger partial charge in [-0.05, 0) is 48.5 Å². The summed E-state index contributed by atoms with van der Waals surface area (Å²) in [5.41, 5.74) is 2.57. The molecule has 1 saturated heterocycles. The van der Waals surface area contributed by atoms with Crippen LogP contribution in [0.15, 0.2) is 72.8 Å². The van der Waals surface area contributed by atoms with Crippen LogP contribution in [0.25, 0.3) is 11.0 Å². The molecule has 0 unspecified atom stereocenters. The molecule has 1 amide bonds. The Bertz CT molecular complexity index is 1340. The number of rotatable bonds is 8. The maximum Gasteiger partial charge on any atom is 0.227 e. The van der Waals surface area contributed by atoms with Crippen LogP contribution in [0.4, 0.5) is 5.69 Å². The molecule has 5 rings (SSSR count). The number of imidazole rings is 1. The molecule has 0 saturated carbocycles. The number of ether oxygens (including phenoxy) is 2. The van der Waals surface area contributed by atoms with Crippen molar-refractivity contribution in [2.75, 3.05) is 25.2 Å². The van der Waals surface area contributed by atoms with Crippen molar-refractivity contribution in [3.8, 4) is 11.5 Å². The third-order valence-electron chi connectivity index (χ3n) is 6.22. The number of para-hydroxylation sites is 3. The first-order chi connectivity index (χ1) is 17.0. The van der Waals surface area contributed by atoms with Crippen LogP contribution in [0.1, 0.15) is 18.2 Å². The van der Waals surface area contributed by atoms with E-state index < -0.39 is 6.10 Å². The van der Waals surface area contributed by atoms with Crippen LogP contribution in [0, 0.1) is 0 Å².